The van der Waals surface area contributed by atoms with Crippen LogP contribution in [0.3, 0.4) is 0 Å². The number of furan rings is 1. The van der Waals surface area contributed by atoms with Crippen molar-refractivity contribution in [2.24, 2.45) is 5.92 Å². The van der Waals surface area contributed by atoms with Crippen LogP contribution >= 0.6 is 11.3 Å². The van der Waals surface area contributed by atoms with Crippen molar-refractivity contribution in [3.05, 3.63) is 59.3 Å². The molecule has 0 unspecified atom stereocenters. The van der Waals surface area contributed by atoms with Crippen molar-refractivity contribution in [1.82, 2.24) is 10.3 Å². The molecule has 1 aromatic carbocycles. The van der Waals surface area contributed by atoms with Gasteiger partial charge in [-0.3, -0.25) is 4.79 Å². The summed E-state index contributed by atoms with van der Waals surface area (Å²) in [5, 5.41) is 16.0. The first-order valence-corrected chi connectivity index (χ1v) is 11.5. The van der Waals surface area contributed by atoms with Gasteiger partial charge in [0.05, 0.1) is 6.26 Å². The first kappa shape index (κ1) is 20.3. The van der Waals surface area contributed by atoms with Gasteiger partial charge >= 0.3 is 0 Å². The molecule has 1 fully saturated rings. The van der Waals surface area contributed by atoms with E-state index in [0.717, 1.165) is 6.42 Å². The van der Waals surface area contributed by atoms with E-state index in [1.54, 1.807) is 23.5 Å². The number of hydrogen-bond acceptors (Lipinski definition) is 7. The Labute approximate surface area is 189 Å². The molecular weight excluding hydrogens is 424 g/mol. The quantitative estimate of drug-likeness (QED) is 0.465. The van der Waals surface area contributed by atoms with Crippen molar-refractivity contribution < 1.29 is 13.6 Å². The van der Waals surface area contributed by atoms with Crippen molar-refractivity contribution in [2.45, 2.75) is 19.3 Å². The van der Waals surface area contributed by atoms with E-state index in [1.165, 1.54) is 21.9 Å². The van der Waals surface area contributed by atoms with Crippen molar-refractivity contribution in [3.63, 3.8) is 0 Å². The molecule has 0 spiro atoms. The summed E-state index contributed by atoms with van der Waals surface area (Å²) in [6.45, 7) is 1.90. The van der Waals surface area contributed by atoms with Crippen molar-refractivity contribution >= 4 is 33.2 Å². The average Bonchev–Trinajstić information content (AvgIpc) is 3.58. The summed E-state index contributed by atoms with van der Waals surface area (Å²) in [6, 6.07) is 13.9. The van der Waals surface area contributed by atoms with E-state index < -0.39 is 0 Å². The number of benzene rings is 1. The maximum Gasteiger partial charge on any atom is 0.266 e. The predicted octanol–water partition coefficient (Wildman–Crippen LogP) is 4.60. The zero-order valence-corrected chi connectivity index (χ0v) is 18.2. The molecule has 162 valence electrons. The van der Waals surface area contributed by atoms with Crippen LogP contribution < -0.4 is 10.2 Å². The molecule has 1 aliphatic rings. The van der Waals surface area contributed by atoms with Gasteiger partial charge in [-0.25, -0.2) is 0 Å². The van der Waals surface area contributed by atoms with E-state index in [2.05, 4.69) is 39.9 Å². The standard InChI is InChI=1S/C24H22N4O3S/c25-14-19-24(31-23(27-19)20-5-3-13-30-20)28-11-8-16(9-12-28)22(29)26-10-7-17-15-32-21-6-2-1-4-18(17)21/h1-6,13,15-16H,7-12H2,(H,26,29). The Hall–Kier alpha value is -3.57. The SMILES string of the molecule is N#Cc1nc(-c2ccco2)oc1N1CCC(C(=O)NCCc2csc3ccccc23)CC1. The Morgan fingerprint density at radius 2 is 2.09 bits per heavy atom. The first-order chi connectivity index (χ1) is 15.7. The highest BCUT2D eigenvalue weighted by Gasteiger charge is 2.29. The van der Waals surface area contributed by atoms with Crippen LogP contribution in [-0.2, 0) is 11.2 Å². The summed E-state index contributed by atoms with van der Waals surface area (Å²) in [6.07, 6.45) is 3.77. The number of nitriles is 1. The first-order valence-electron chi connectivity index (χ1n) is 10.7. The number of amides is 1. The van der Waals surface area contributed by atoms with E-state index in [4.69, 9.17) is 8.83 Å². The number of aromatic nitrogens is 1. The minimum Gasteiger partial charge on any atom is -0.459 e. The van der Waals surface area contributed by atoms with Crippen LogP contribution in [-0.4, -0.2) is 30.5 Å². The summed E-state index contributed by atoms with van der Waals surface area (Å²) < 4.78 is 12.4. The normalized spacial score (nSPS) is 14.5. The highest BCUT2D eigenvalue weighted by molar-refractivity contribution is 7.17. The third kappa shape index (κ3) is 3.99. The molecule has 7 nitrogen and oxygen atoms in total. The lowest BCUT2D eigenvalue weighted by molar-refractivity contribution is -0.125. The smallest absolute Gasteiger partial charge is 0.266 e. The van der Waals surface area contributed by atoms with Gasteiger partial charge in [-0.2, -0.15) is 10.2 Å². The second-order valence-corrected chi connectivity index (χ2v) is 8.73. The number of nitrogens with zero attached hydrogens (tertiary/aromatic N) is 3. The molecule has 1 saturated heterocycles. The van der Waals surface area contributed by atoms with Gasteiger partial charge in [0.2, 0.25) is 17.5 Å². The highest BCUT2D eigenvalue weighted by Crippen LogP contribution is 2.31. The van der Waals surface area contributed by atoms with Gasteiger partial charge in [0.1, 0.15) is 6.07 Å². The molecule has 4 heterocycles. The van der Waals surface area contributed by atoms with Crippen molar-refractivity contribution in [2.75, 3.05) is 24.5 Å². The second kappa shape index (κ2) is 8.89. The fraction of sp³-hybridized carbons (Fsp3) is 0.292. The monoisotopic (exact) mass is 446 g/mol. The third-order valence-corrected chi connectivity index (χ3v) is 6.87. The molecule has 0 bridgehead atoms. The molecular formula is C24H22N4O3S. The number of nitrogens with one attached hydrogen (secondary N) is 1. The van der Waals surface area contributed by atoms with Crippen LogP contribution in [0.15, 0.2) is 56.9 Å². The second-order valence-electron chi connectivity index (χ2n) is 7.82. The molecule has 1 amide bonds. The van der Waals surface area contributed by atoms with Gasteiger partial charge in [-0.1, -0.05) is 18.2 Å². The number of thiophene rings is 1. The molecule has 0 saturated carbocycles. The Morgan fingerprint density at radius 3 is 2.88 bits per heavy atom. The van der Waals surface area contributed by atoms with Crippen molar-refractivity contribution in [1.29, 1.82) is 5.26 Å². The number of oxazole rings is 1. The Balaban J connectivity index is 1.15. The van der Waals surface area contributed by atoms with E-state index in [1.807, 2.05) is 11.0 Å². The lowest BCUT2D eigenvalue weighted by Crippen LogP contribution is -2.41. The maximum atomic E-state index is 12.7. The molecule has 5 rings (SSSR count). The van der Waals surface area contributed by atoms with Gasteiger partial charge in [-0.05, 0) is 53.8 Å². The lowest BCUT2D eigenvalue weighted by Gasteiger charge is -2.30. The average molecular weight is 447 g/mol. The van der Waals surface area contributed by atoms with E-state index in [9.17, 15) is 10.1 Å². The molecule has 1 N–H and O–H groups in total. The molecule has 0 aliphatic carbocycles. The molecule has 0 atom stereocenters. The van der Waals surface area contributed by atoms with Gasteiger partial charge in [0.25, 0.3) is 5.89 Å². The lowest BCUT2D eigenvalue weighted by atomic mass is 9.96. The van der Waals surface area contributed by atoms with Crippen LogP contribution in [0.1, 0.15) is 24.1 Å². The Morgan fingerprint density at radius 1 is 1.25 bits per heavy atom. The summed E-state index contributed by atoms with van der Waals surface area (Å²) in [7, 11) is 0. The van der Waals surface area contributed by atoms with E-state index >= 15 is 0 Å². The van der Waals surface area contributed by atoms with Crippen molar-refractivity contribution in [3.8, 4) is 17.7 Å². The largest absolute Gasteiger partial charge is 0.459 e. The summed E-state index contributed by atoms with van der Waals surface area (Å²) in [5.41, 5.74) is 1.52. The zero-order chi connectivity index (χ0) is 21.9. The fourth-order valence-corrected chi connectivity index (χ4v) is 5.14. The van der Waals surface area contributed by atoms with Gasteiger partial charge in [-0.15, -0.1) is 11.3 Å². The van der Waals surface area contributed by atoms with Gasteiger partial charge in [0, 0.05) is 30.3 Å². The van der Waals surface area contributed by atoms with E-state index in [-0.39, 0.29) is 17.5 Å². The van der Waals surface area contributed by atoms with E-state index in [0.29, 0.717) is 50.0 Å². The highest BCUT2D eigenvalue weighted by atomic mass is 32.1. The molecule has 0 radical (unpaired) electrons. The van der Waals surface area contributed by atoms with Crippen LogP contribution in [0.5, 0.6) is 0 Å². The number of fused-ring (bicyclic) bond motifs is 1. The Bertz CT molecular complexity index is 1260. The fourth-order valence-electron chi connectivity index (χ4n) is 4.14. The molecule has 32 heavy (non-hydrogen) atoms. The van der Waals surface area contributed by atoms with Gasteiger partial charge < -0.3 is 19.1 Å². The number of piperidine rings is 1. The number of carbonyl (C=O) groups is 1. The summed E-state index contributed by atoms with van der Waals surface area (Å²) in [5.74, 6) is 1.28. The van der Waals surface area contributed by atoms with Crippen LogP contribution in [0.25, 0.3) is 21.7 Å². The topological polar surface area (TPSA) is 95.3 Å². The molecule has 1 aliphatic heterocycles. The van der Waals surface area contributed by atoms with Gasteiger partial charge in [0.15, 0.2) is 5.76 Å². The Kier molecular flexibility index (Phi) is 5.65. The minimum absolute atomic E-state index is 0.0385. The predicted molar refractivity (Wildman–Crippen MR) is 122 cm³/mol. The number of rotatable bonds is 6. The zero-order valence-electron chi connectivity index (χ0n) is 17.4. The van der Waals surface area contributed by atoms with Crippen LogP contribution in [0, 0.1) is 17.2 Å². The molecule has 3 aromatic heterocycles. The third-order valence-electron chi connectivity index (χ3n) is 5.85. The summed E-state index contributed by atoms with van der Waals surface area (Å²) in [4.78, 5) is 18.9. The number of anilines is 1. The molecule has 4 aromatic rings. The summed E-state index contributed by atoms with van der Waals surface area (Å²) >= 11 is 1.74. The molecule has 8 heteroatoms. The number of hydrogen-bond donors (Lipinski definition) is 1. The number of carbonyl (C=O) groups excluding carboxylic acids is 1. The maximum absolute atomic E-state index is 12.7. The minimum atomic E-state index is -0.0385. The van der Waals surface area contributed by atoms with Crippen LogP contribution in [0.2, 0.25) is 0 Å². The van der Waals surface area contributed by atoms with Crippen LogP contribution in [0.4, 0.5) is 5.88 Å².